The highest BCUT2D eigenvalue weighted by atomic mass is 32.1. The van der Waals surface area contributed by atoms with Crippen LogP contribution in [0.5, 0.6) is 0 Å². The van der Waals surface area contributed by atoms with Crippen molar-refractivity contribution in [3.05, 3.63) is 63.5 Å². The lowest BCUT2D eigenvalue weighted by Gasteiger charge is -2.34. The first-order chi connectivity index (χ1) is 14.5. The van der Waals surface area contributed by atoms with E-state index in [1.54, 1.807) is 16.7 Å². The highest BCUT2D eigenvalue weighted by Gasteiger charge is 2.20. The number of para-hydroxylation sites is 1. The van der Waals surface area contributed by atoms with Crippen LogP contribution in [0, 0.1) is 0 Å². The van der Waals surface area contributed by atoms with Gasteiger partial charge in [-0.2, -0.15) is 0 Å². The number of fused-ring (bicyclic) bond motifs is 1. The summed E-state index contributed by atoms with van der Waals surface area (Å²) in [5.41, 5.74) is 2.83. The molecule has 0 unspecified atom stereocenters. The van der Waals surface area contributed by atoms with Crippen LogP contribution in [-0.4, -0.2) is 57.8 Å². The molecule has 1 aliphatic heterocycles. The molecule has 158 valence electrons. The van der Waals surface area contributed by atoms with E-state index in [1.165, 1.54) is 11.3 Å². The summed E-state index contributed by atoms with van der Waals surface area (Å²) < 4.78 is 1.57. The molecular weight excluding hydrogens is 398 g/mol. The summed E-state index contributed by atoms with van der Waals surface area (Å²) in [7, 11) is 0. The molecular formula is C22H27N5O2S. The van der Waals surface area contributed by atoms with Crippen LogP contribution < -0.4 is 10.9 Å². The number of benzene rings is 1. The molecule has 1 aliphatic rings. The minimum Gasteiger partial charge on any atom is -0.325 e. The van der Waals surface area contributed by atoms with Gasteiger partial charge in [0.05, 0.1) is 12.2 Å². The Morgan fingerprint density at radius 2 is 1.90 bits per heavy atom. The molecule has 1 saturated heterocycles. The number of piperazine rings is 1. The second-order valence-corrected chi connectivity index (χ2v) is 8.86. The minimum atomic E-state index is -0.0340. The summed E-state index contributed by atoms with van der Waals surface area (Å²) in [5.74, 6) is 0.384. The van der Waals surface area contributed by atoms with E-state index in [-0.39, 0.29) is 11.5 Å². The third kappa shape index (κ3) is 4.77. The third-order valence-electron chi connectivity index (χ3n) is 5.43. The fourth-order valence-corrected chi connectivity index (χ4v) is 4.55. The van der Waals surface area contributed by atoms with Gasteiger partial charge in [-0.05, 0) is 17.5 Å². The Hall–Kier alpha value is -2.55. The molecule has 1 aromatic carbocycles. The smallest absolute Gasteiger partial charge is 0.258 e. The molecule has 3 heterocycles. The van der Waals surface area contributed by atoms with Crippen molar-refractivity contribution in [3.63, 3.8) is 0 Å². The number of amides is 1. The standard InChI is InChI=1S/C22H27N5O2S/c1-16(2)18-5-3-4-6-19(18)24-20(28)15-26-9-7-25(8-10-26)14-17-13-21(29)27-11-12-30-22(27)23-17/h3-6,11-13,16H,7-10,14-15H2,1-2H3,(H,24,28). The number of nitrogens with one attached hydrogen (secondary N) is 1. The molecule has 1 N–H and O–H groups in total. The maximum absolute atomic E-state index is 12.6. The van der Waals surface area contributed by atoms with Gasteiger partial charge in [0, 0.05) is 56.1 Å². The van der Waals surface area contributed by atoms with Gasteiger partial charge in [0.1, 0.15) is 0 Å². The molecule has 1 fully saturated rings. The van der Waals surface area contributed by atoms with Crippen molar-refractivity contribution in [2.75, 3.05) is 38.0 Å². The zero-order valence-electron chi connectivity index (χ0n) is 17.4. The van der Waals surface area contributed by atoms with E-state index >= 15 is 0 Å². The molecule has 8 heteroatoms. The van der Waals surface area contributed by atoms with E-state index in [2.05, 4.69) is 40.0 Å². The van der Waals surface area contributed by atoms with Crippen molar-refractivity contribution in [1.29, 1.82) is 0 Å². The van der Waals surface area contributed by atoms with Crippen molar-refractivity contribution in [1.82, 2.24) is 19.2 Å². The number of carbonyl (C=O) groups excluding carboxylic acids is 1. The second-order valence-electron chi connectivity index (χ2n) is 7.98. The average molecular weight is 426 g/mol. The Morgan fingerprint density at radius 1 is 1.17 bits per heavy atom. The number of carbonyl (C=O) groups is 1. The fraction of sp³-hybridized carbons (Fsp3) is 0.409. The van der Waals surface area contributed by atoms with E-state index in [4.69, 9.17) is 0 Å². The van der Waals surface area contributed by atoms with Gasteiger partial charge in [-0.1, -0.05) is 32.0 Å². The Kier molecular flexibility index (Phi) is 6.26. The normalized spacial score (nSPS) is 15.7. The third-order valence-corrected chi connectivity index (χ3v) is 6.19. The molecule has 1 amide bonds. The van der Waals surface area contributed by atoms with Crippen LogP contribution in [0.4, 0.5) is 5.69 Å². The molecule has 30 heavy (non-hydrogen) atoms. The molecule has 3 aromatic rings. The molecule has 0 spiro atoms. The van der Waals surface area contributed by atoms with Crippen LogP contribution in [0.15, 0.2) is 46.7 Å². The number of thiazole rings is 1. The minimum absolute atomic E-state index is 0.0226. The maximum Gasteiger partial charge on any atom is 0.258 e. The number of anilines is 1. The molecule has 0 radical (unpaired) electrons. The van der Waals surface area contributed by atoms with Crippen LogP contribution >= 0.6 is 11.3 Å². The largest absolute Gasteiger partial charge is 0.325 e. The fourth-order valence-electron chi connectivity index (χ4n) is 3.81. The van der Waals surface area contributed by atoms with E-state index < -0.39 is 0 Å². The molecule has 0 aliphatic carbocycles. The van der Waals surface area contributed by atoms with E-state index in [0.29, 0.717) is 19.0 Å². The lowest BCUT2D eigenvalue weighted by Crippen LogP contribution is -2.48. The van der Waals surface area contributed by atoms with Gasteiger partial charge in [0.2, 0.25) is 5.91 Å². The van der Waals surface area contributed by atoms with Crippen LogP contribution in [-0.2, 0) is 11.3 Å². The molecule has 0 atom stereocenters. The predicted octanol–water partition coefficient (Wildman–Crippen LogP) is 2.64. The number of nitrogens with zero attached hydrogens (tertiary/aromatic N) is 4. The topological polar surface area (TPSA) is 70.0 Å². The predicted molar refractivity (Wildman–Crippen MR) is 120 cm³/mol. The van der Waals surface area contributed by atoms with E-state index in [1.807, 2.05) is 23.6 Å². The average Bonchev–Trinajstić information content (AvgIpc) is 3.19. The highest BCUT2D eigenvalue weighted by Crippen LogP contribution is 2.23. The Bertz CT molecular complexity index is 1080. The van der Waals surface area contributed by atoms with Gasteiger partial charge in [-0.3, -0.25) is 23.8 Å². The molecule has 7 nitrogen and oxygen atoms in total. The molecule has 0 saturated carbocycles. The SMILES string of the molecule is CC(C)c1ccccc1NC(=O)CN1CCN(Cc2cc(=O)n3ccsc3n2)CC1. The van der Waals surface area contributed by atoms with Crippen LogP contribution in [0.25, 0.3) is 4.96 Å². The van der Waals surface area contributed by atoms with Crippen molar-refractivity contribution in [3.8, 4) is 0 Å². The Balaban J connectivity index is 1.29. The van der Waals surface area contributed by atoms with Crippen LogP contribution in [0.1, 0.15) is 31.0 Å². The van der Waals surface area contributed by atoms with Gasteiger partial charge < -0.3 is 5.32 Å². The highest BCUT2D eigenvalue weighted by molar-refractivity contribution is 7.15. The maximum atomic E-state index is 12.6. The van der Waals surface area contributed by atoms with Crippen LogP contribution in [0.3, 0.4) is 0 Å². The number of hydrogen-bond donors (Lipinski definition) is 1. The van der Waals surface area contributed by atoms with Gasteiger partial charge in [-0.15, -0.1) is 11.3 Å². The van der Waals surface area contributed by atoms with Gasteiger partial charge in [-0.25, -0.2) is 4.98 Å². The number of aromatic nitrogens is 2. The second kappa shape index (κ2) is 9.07. The molecule has 2 aromatic heterocycles. The first-order valence-electron chi connectivity index (χ1n) is 10.3. The summed E-state index contributed by atoms with van der Waals surface area (Å²) in [6.07, 6.45) is 1.75. The van der Waals surface area contributed by atoms with Gasteiger partial charge >= 0.3 is 0 Å². The summed E-state index contributed by atoms with van der Waals surface area (Å²) in [5, 5.41) is 4.94. The zero-order chi connectivity index (χ0) is 21.1. The van der Waals surface area contributed by atoms with Crippen molar-refractivity contribution < 1.29 is 4.79 Å². The van der Waals surface area contributed by atoms with Crippen molar-refractivity contribution in [2.24, 2.45) is 0 Å². The number of hydrogen-bond acceptors (Lipinski definition) is 6. The number of rotatable bonds is 6. The van der Waals surface area contributed by atoms with E-state index in [9.17, 15) is 9.59 Å². The van der Waals surface area contributed by atoms with Crippen LogP contribution in [0.2, 0.25) is 0 Å². The molecule has 0 bridgehead atoms. The monoisotopic (exact) mass is 425 g/mol. The lowest BCUT2D eigenvalue weighted by atomic mass is 10.0. The summed E-state index contributed by atoms with van der Waals surface area (Å²) in [6.45, 7) is 8.64. The first-order valence-corrected chi connectivity index (χ1v) is 11.2. The van der Waals surface area contributed by atoms with Crippen molar-refractivity contribution in [2.45, 2.75) is 26.3 Å². The summed E-state index contributed by atoms with van der Waals surface area (Å²) in [4.78, 5) is 34.5. The summed E-state index contributed by atoms with van der Waals surface area (Å²) >= 11 is 1.47. The van der Waals surface area contributed by atoms with Crippen molar-refractivity contribution >= 4 is 27.9 Å². The summed E-state index contributed by atoms with van der Waals surface area (Å²) in [6, 6.07) is 9.60. The zero-order valence-corrected chi connectivity index (χ0v) is 18.2. The quantitative estimate of drug-likeness (QED) is 0.658. The van der Waals surface area contributed by atoms with Gasteiger partial charge in [0.15, 0.2) is 4.96 Å². The first kappa shape index (κ1) is 20.7. The lowest BCUT2D eigenvalue weighted by molar-refractivity contribution is -0.117. The Labute approximate surface area is 180 Å². The molecule has 4 rings (SSSR count). The Morgan fingerprint density at radius 3 is 2.67 bits per heavy atom. The van der Waals surface area contributed by atoms with Gasteiger partial charge in [0.25, 0.3) is 5.56 Å². The van der Waals surface area contributed by atoms with E-state index in [0.717, 1.165) is 48.1 Å².